The summed E-state index contributed by atoms with van der Waals surface area (Å²) in [6.07, 6.45) is 0. The van der Waals surface area contributed by atoms with Crippen LogP contribution in [0.4, 0.5) is 11.4 Å². The van der Waals surface area contributed by atoms with Gasteiger partial charge in [-0.05, 0) is 19.1 Å². The van der Waals surface area contributed by atoms with Gasteiger partial charge in [-0.25, -0.2) is 0 Å². The fraction of sp³-hybridized carbons (Fsp3) is 0.214. The molecule has 0 radical (unpaired) electrons. The summed E-state index contributed by atoms with van der Waals surface area (Å²) in [7, 11) is 3.30. The molecule has 0 fully saturated rings. The summed E-state index contributed by atoms with van der Waals surface area (Å²) in [6.45, 7) is 1.92. The minimum atomic E-state index is -0.649. The van der Waals surface area contributed by atoms with Crippen LogP contribution in [0.3, 0.4) is 0 Å². The molecule has 0 aliphatic carbocycles. The Balaban J connectivity index is 2.25. The molecule has 1 N–H and O–H groups in total. The summed E-state index contributed by atoms with van der Waals surface area (Å²) in [5, 5.41) is 2.49. The lowest BCUT2D eigenvalue weighted by Gasteiger charge is -2.18. The minimum absolute atomic E-state index is 0.0700. The average molecular weight is 258 g/mol. The number of carbonyl (C=O) groups is 1. The Kier molecular flexibility index (Phi) is 3.21. The van der Waals surface area contributed by atoms with Crippen LogP contribution in [0, 0.1) is 6.92 Å². The number of benzene rings is 1. The Morgan fingerprint density at radius 2 is 1.63 bits per heavy atom. The van der Waals surface area contributed by atoms with Gasteiger partial charge in [-0.2, -0.15) is 0 Å². The van der Waals surface area contributed by atoms with Crippen molar-refractivity contribution in [3.05, 3.63) is 55.8 Å². The zero-order valence-electron chi connectivity index (χ0n) is 11.0. The topological polar surface area (TPSA) is 66.5 Å². The van der Waals surface area contributed by atoms with E-state index in [1.807, 2.05) is 19.1 Å². The molecule has 98 valence electrons. The molecule has 5 heteroatoms. The molecule has 0 spiro atoms. The SMILES string of the molecule is Cc1ccc(C(=O)Nc2c(N(C)C)c(=O)c2=O)cc1. The van der Waals surface area contributed by atoms with Gasteiger partial charge in [-0.3, -0.25) is 14.4 Å². The molecule has 0 bridgehead atoms. The van der Waals surface area contributed by atoms with Gasteiger partial charge in [0.25, 0.3) is 16.8 Å². The zero-order valence-corrected chi connectivity index (χ0v) is 11.0. The van der Waals surface area contributed by atoms with Crippen LogP contribution in [-0.4, -0.2) is 20.0 Å². The van der Waals surface area contributed by atoms with E-state index in [4.69, 9.17) is 0 Å². The van der Waals surface area contributed by atoms with Gasteiger partial charge in [0.2, 0.25) is 0 Å². The predicted molar refractivity (Wildman–Crippen MR) is 74.8 cm³/mol. The zero-order chi connectivity index (χ0) is 14.2. The molecule has 0 saturated heterocycles. The van der Waals surface area contributed by atoms with Crippen molar-refractivity contribution in [3.8, 4) is 0 Å². The molecule has 19 heavy (non-hydrogen) atoms. The number of anilines is 2. The maximum absolute atomic E-state index is 12.0. The van der Waals surface area contributed by atoms with E-state index in [-0.39, 0.29) is 11.4 Å². The number of nitrogens with zero attached hydrogens (tertiary/aromatic N) is 1. The Hall–Kier alpha value is -2.43. The number of rotatable bonds is 3. The Bertz CT molecular complexity index is 692. The molecule has 0 aromatic heterocycles. The summed E-state index contributed by atoms with van der Waals surface area (Å²) in [4.78, 5) is 36.3. The molecular formula is C14H14N2O3. The van der Waals surface area contributed by atoms with Gasteiger partial charge >= 0.3 is 0 Å². The number of nitrogens with one attached hydrogen (secondary N) is 1. The molecule has 1 amide bonds. The van der Waals surface area contributed by atoms with E-state index >= 15 is 0 Å². The third-order valence-electron chi connectivity index (χ3n) is 2.88. The Morgan fingerprint density at radius 3 is 2.16 bits per heavy atom. The molecule has 5 nitrogen and oxygen atoms in total. The molecule has 2 rings (SSSR count). The van der Waals surface area contributed by atoms with Gasteiger partial charge in [0.15, 0.2) is 0 Å². The second-order valence-electron chi connectivity index (χ2n) is 4.60. The van der Waals surface area contributed by atoms with Crippen molar-refractivity contribution in [2.24, 2.45) is 0 Å². The first-order chi connectivity index (χ1) is 8.91. The van der Waals surface area contributed by atoms with Crippen molar-refractivity contribution in [1.82, 2.24) is 0 Å². The molecule has 0 aliphatic heterocycles. The third kappa shape index (κ3) is 2.27. The van der Waals surface area contributed by atoms with E-state index in [0.29, 0.717) is 5.56 Å². The highest BCUT2D eigenvalue weighted by molar-refractivity contribution is 6.06. The van der Waals surface area contributed by atoms with E-state index in [2.05, 4.69) is 5.32 Å². The fourth-order valence-corrected chi connectivity index (χ4v) is 1.81. The average Bonchev–Trinajstić information content (AvgIpc) is 2.37. The van der Waals surface area contributed by atoms with Crippen LogP contribution >= 0.6 is 0 Å². The van der Waals surface area contributed by atoms with E-state index in [1.54, 1.807) is 26.2 Å². The molecule has 0 atom stereocenters. The molecule has 0 unspecified atom stereocenters. The summed E-state index contributed by atoms with van der Waals surface area (Å²) in [5.41, 5.74) is 0.586. The quantitative estimate of drug-likeness (QED) is 0.831. The van der Waals surface area contributed by atoms with Crippen molar-refractivity contribution in [2.75, 3.05) is 24.3 Å². The maximum Gasteiger partial charge on any atom is 0.255 e. The maximum atomic E-state index is 12.0. The van der Waals surface area contributed by atoms with Crippen LogP contribution in [0.15, 0.2) is 33.9 Å². The van der Waals surface area contributed by atoms with Crippen molar-refractivity contribution in [3.63, 3.8) is 0 Å². The van der Waals surface area contributed by atoms with Crippen LogP contribution in [0.5, 0.6) is 0 Å². The van der Waals surface area contributed by atoms with E-state index < -0.39 is 16.8 Å². The fourth-order valence-electron chi connectivity index (χ4n) is 1.81. The van der Waals surface area contributed by atoms with Gasteiger partial charge in [0, 0.05) is 19.7 Å². The monoisotopic (exact) mass is 258 g/mol. The summed E-state index contributed by atoms with van der Waals surface area (Å²) in [5.74, 6) is -0.393. The standard InChI is InChI=1S/C14H14N2O3/c1-8-4-6-9(7-5-8)14(19)15-10-11(16(2)3)13(18)12(10)17/h4-7H,1-3H3,(H,15,19). The first kappa shape index (κ1) is 13.0. The minimum Gasteiger partial charge on any atom is -0.373 e. The van der Waals surface area contributed by atoms with Crippen molar-refractivity contribution in [2.45, 2.75) is 6.92 Å². The number of hydrogen-bond acceptors (Lipinski definition) is 4. The highest BCUT2D eigenvalue weighted by atomic mass is 16.2. The smallest absolute Gasteiger partial charge is 0.255 e. The second kappa shape index (κ2) is 4.68. The van der Waals surface area contributed by atoms with E-state index in [1.165, 1.54) is 4.90 Å². The highest BCUT2D eigenvalue weighted by Gasteiger charge is 2.24. The lowest BCUT2D eigenvalue weighted by Crippen LogP contribution is -2.41. The van der Waals surface area contributed by atoms with Gasteiger partial charge in [-0.15, -0.1) is 0 Å². The van der Waals surface area contributed by atoms with Crippen LogP contribution in [-0.2, 0) is 0 Å². The van der Waals surface area contributed by atoms with E-state index in [0.717, 1.165) is 5.56 Å². The van der Waals surface area contributed by atoms with Gasteiger partial charge in [0.05, 0.1) is 0 Å². The molecule has 0 heterocycles. The predicted octanol–water partition coefficient (Wildman–Crippen LogP) is 0.909. The van der Waals surface area contributed by atoms with Crippen LogP contribution in [0.2, 0.25) is 0 Å². The molecule has 0 saturated carbocycles. The van der Waals surface area contributed by atoms with Crippen molar-refractivity contribution in [1.29, 1.82) is 0 Å². The van der Waals surface area contributed by atoms with Gasteiger partial charge in [0.1, 0.15) is 11.4 Å². The van der Waals surface area contributed by atoms with E-state index in [9.17, 15) is 14.4 Å². The first-order valence-electron chi connectivity index (χ1n) is 5.80. The van der Waals surface area contributed by atoms with Crippen LogP contribution in [0.1, 0.15) is 15.9 Å². The van der Waals surface area contributed by atoms with Gasteiger partial charge < -0.3 is 10.2 Å². The Morgan fingerprint density at radius 1 is 1.05 bits per heavy atom. The van der Waals surface area contributed by atoms with Crippen molar-refractivity contribution >= 4 is 17.3 Å². The lowest BCUT2D eigenvalue weighted by atomic mass is 10.1. The number of carbonyl (C=O) groups excluding carboxylic acids is 1. The number of aryl methyl sites for hydroxylation is 1. The molecule has 2 aromatic rings. The van der Waals surface area contributed by atoms with Crippen molar-refractivity contribution < 1.29 is 4.79 Å². The third-order valence-corrected chi connectivity index (χ3v) is 2.88. The lowest BCUT2D eigenvalue weighted by molar-refractivity contribution is 0.102. The molecular weight excluding hydrogens is 244 g/mol. The second-order valence-corrected chi connectivity index (χ2v) is 4.60. The summed E-state index contributed by atoms with van der Waals surface area (Å²) >= 11 is 0. The largest absolute Gasteiger partial charge is 0.373 e. The molecule has 2 aromatic carbocycles. The Labute approximate surface area is 110 Å². The van der Waals surface area contributed by atoms with Crippen LogP contribution in [0.25, 0.3) is 0 Å². The molecule has 0 aliphatic rings. The van der Waals surface area contributed by atoms with Crippen LogP contribution < -0.4 is 21.1 Å². The van der Waals surface area contributed by atoms with Gasteiger partial charge in [-0.1, -0.05) is 17.7 Å². The summed E-state index contributed by atoms with van der Waals surface area (Å²) < 4.78 is 0. The number of amides is 1. The number of hydrogen-bond donors (Lipinski definition) is 1. The normalized spacial score (nSPS) is 10.5. The highest BCUT2D eigenvalue weighted by Crippen LogP contribution is 2.18. The first-order valence-corrected chi connectivity index (χ1v) is 5.80. The summed E-state index contributed by atoms with van der Waals surface area (Å²) in [6, 6.07) is 6.96.